The van der Waals surface area contributed by atoms with Crippen LogP contribution in [-0.4, -0.2) is 51.1 Å². The first-order valence-electron chi connectivity index (χ1n) is 14.3. The van der Waals surface area contributed by atoms with Gasteiger partial charge in [0.05, 0.1) is 17.8 Å². The lowest BCUT2D eigenvalue weighted by molar-refractivity contribution is -0.279. The van der Waals surface area contributed by atoms with E-state index in [1.165, 1.54) is 12.0 Å². The second-order valence-corrected chi connectivity index (χ2v) is 15.5. The van der Waals surface area contributed by atoms with E-state index in [0.29, 0.717) is 11.8 Å². The maximum Gasteiger partial charge on any atom is 0.199 e. The third kappa shape index (κ3) is 2.26. The minimum Gasteiger partial charge on any atom is -0.393 e. The van der Waals surface area contributed by atoms with Crippen molar-refractivity contribution in [2.45, 2.75) is 129 Å². The minimum atomic E-state index is -1.05. The number of aliphatic hydroxyl groups is 3. The van der Waals surface area contributed by atoms with Gasteiger partial charge < -0.3 is 24.8 Å². The van der Waals surface area contributed by atoms with Gasteiger partial charge in [0, 0.05) is 11.3 Å². The highest BCUT2D eigenvalue weighted by Gasteiger charge is 2.86. The van der Waals surface area contributed by atoms with Crippen molar-refractivity contribution in [2.24, 2.45) is 44.8 Å². The molecule has 12 atom stereocenters. The molecule has 2 bridgehead atoms. The molecule has 0 aromatic carbocycles. The van der Waals surface area contributed by atoms with Crippen molar-refractivity contribution in [1.82, 2.24) is 0 Å². The molecule has 0 aromatic heterocycles. The van der Waals surface area contributed by atoms with E-state index >= 15 is 0 Å². The van der Waals surface area contributed by atoms with Crippen LogP contribution in [0.5, 0.6) is 0 Å². The van der Waals surface area contributed by atoms with Crippen LogP contribution in [0.25, 0.3) is 0 Å². The zero-order chi connectivity index (χ0) is 25.2. The Kier molecular flexibility index (Phi) is 4.20. The Morgan fingerprint density at radius 3 is 2.43 bits per heavy atom. The van der Waals surface area contributed by atoms with E-state index in [1.807, 2.05) is 13.8 Å². The Morgan fingerprint density at radius 1 is 1.03 bits per heavy atom. The number of hydrogen-bond donors (Lipinski definition) is 3. The van der Waals surface area contributed by atoms with Gasteiger partial charge in [-0.25, -0.2) is 0 Å². The van der Waals surface area contributed by atoms with Gasteiger partial charge in [-0.15, -0.1) is 0 Å². The maximum atomic E-state index is 12.4. The molecule has 3 N–H and O–H groups in total. The number of aliphatic hydroxyl groups excluding tert-OH is 2. The number of hydrogen-bond acceptors (Lipinski definition) is 5. The highest BCUT2D eigenvalue weighted by Crippen LogP contribution is 2.89. The van der Waals surface area contributed by atoms with Crippen molar-refractivity contribution in [1.29, 1.82) is 0 Å². The summed E-state index contributed by atoms with van der Waals surface area (Å²) in [6.45, 7) is 15.2. The lowest BCUT2D eigenvalue weighted by Crippen LogP contribution is -2.55. The highest BCUT2D eigenvalue weighted by molar-refractivity contribution is 5.48. The molecule has 2 saturated heterocycles. The summed E-state index contributed by atoms with van der Waals surface area (Å²) >= 11 is 0. The van der Waals surface area contributed by atoms with Gasteiger partial charge in [0.1, 0.15) is 12.2 Å². The fourth-order valence-corrected chi connectivity index (χ4v) is 11.8. The van der Waals surface area contributed by atoms with Crippen LogP contribution < -0.4 is 0 Å². The molecule has 7 rings (SSSR count). The fraction of sp³-hybridized carbons (Fsp3) is 0.933. The number of ether oxygens (including phenoxy) is 2. The van der Waals surface area contributed by atoms with E-state index in [2.05, 4.69) is 40.7 Å². The Labute approximate surface area is 210 Å². The van der Waals surface area contributed by atoms with Crippen LogP contribution in [0.2, 0.25) is 0 Å². The molecule has 1 unspecified atom stereocenters. The molecule has 0 aromatic rings. The Morgan fingerprint density at radius 2 is 1.74 bits per heavy atom. The van der Waals surface area contributed by atoms with Gasteiger partial charge in [0.2, 0.25) is 0 Å². The molecule has 7 aliphatic rings. The Hall–Kier alpha value is -0.460. The SMILES string of the molecule is C[C@@H]1CC2O[C@@]3(O[C@@H]2C(C)(C)O)[C@H]1[C@@]1(C)CC[C@@]24C[C@@]25CC[C@H](O)C(C)(C)[C@@H]5CC=C4[C@]1(C)[C@H]3O. The molecule has 196 valence electrons. The molecular formula is C30H46O5. The largest absolute Gasteiger partial charge is 0.393 e. The Bertz CT molecular complexity index is 1010. The van der Waals surface area contributed by atoms with E-state index in [4.69, 9.17) is 9.47 Å². The molecule has 6 fully saturated rings. The molecule has 35 heavy (non-hydrogen) atoms. The van der Waals surface area contributed by atoms with Crippen molar-refractivity contribution in [3.8, 4) is 0 Å². The standard InChI is InChI=1S/C30H46O5/c1-16-14-17-22(25(4,5)33)35-30(34-17)21(16)26(6)12-13-29-15-28(29)11-10-20(31)24(2,3)18(28)8-9-19(29)27(26,7)23(30)32/h9,16-18,20-23,31-33H,8,10-15H2,1-7H3/t16-,17?,18+,20+,21-,22+,23-,26-,27-,28-,29+,30-/m1/s1. The van der Waals surface area contributed by atoms with Gasteiger partial charge in [0.15, 0.2) is 5.79 Å². The van der Waals surface area contributed by atoms with Gasteiger partial charge in [-0.3, -0.25) is 0 Å². The predicted molar refractivity (Wildman–Crippen MR) is 132 cm³/mol. The van der Waals surface area contributed by atoms with Crippen LogP contribution >= 0.6 is 0 Å². The van der Waals surface area contributed by atoms with Crippen molar-refractivity contribution in [2.75, 3.05) is 0 Å². The van der Waals surface area contributed by atoms with Crippen LogP contribution in [-0.2, 0) is 9.47 Å². The molecular weight excluding hydrogens is 440 g/mol. The minimum absolute atomic E-state index is 0.0776. The summed E-state index contributed by atoms with van der Waals surface area (Å²) in [6.07, 6.45) is 8.17. The zero-order valence-corrected chi connectivity index (χ0v) is 22.7. The van der Waals surface area contributed by atoms with E-state index < -0.39 is 29.0 Å². The molecule has 5 heteroatoms. The maximum absolute atomic E-state index is 12.4. The van der Waals surface area contributed by atoms with Gasteiger partial charge >= 0.3 is 0 Å². The van der Waals surface area contributed by atoms with E-state index in [1.54, 1.807) is 0 Å². The van der Waals surface area contributed by atoms with Crippen LogP contribution in [0.3, 0.4) is 0 Å². The normalized spacial score (nSPS) is 61.7. The second kappa shape index (κ2) is 6.22. The molecule has 5 aliphatic carbocycles. The fourth-order valence-electron chi connectivity index (χ4n) is 11.8. The molecule has 5 nitrogen and oxygen atoms in total. The van der Waals surface area contributed by atoms with Crippen LogP contribution in [0.4, 0.5) is 0 Å². The average molecular weight is 487 g/mol. The molecule has 2 heterocycles. The summed E-state index contributed by atoms with van der Waals surface area (Å²) in [4.78, 5) is 0. The van der Waals surface area contributed by atoms with Crippen molar-refractivity contribution in [3.05, 3.63) is 11.6 Å². The summed E-state index contributed by atoms with van der Waals surface area (Å²) < 4.78 is 13.5. The van der Waals surface area contributed by atoms with E-state index in [9.17, 15) is 15.3 Å². The summed E-state index contributed by atoms with van der Waals surface area (Å²) in [5, 5.41) is 34.3. The number of allylic oxidation sites excluding steroid dienone is 1. The quantitative estimate of drug-likeness (QED) is 0.473. The lowest BCUT2D eigenvalue weighted by Gasteiger charge is -2.59. The smallest absolute Gasteiger partial charge is 0.199 e. The average Bonchev–Trinajstić information content (AvgIpc) is 3.28. The first-order valence-corrected chi connectivity index (χ1v) is 14.3. The molecule has 2 aliphatic heterocycles. The predicted octanol–water partition coefficient (Wildman–Crippen LogP) is 4.58. The van der Waals surface area contributed by atoms with Gasteiger partial charge in [-0.1, -0.05) is 46.3 Å². The highest BCUT2D eigenvalue weighted by atomic mass is 16.8. The van der Waals surface area contributed by atoms with E-state index in [0.717, 1.165) is 38.5 Å². The van der Waals surface area contributed by atoms with Crippen LogP contribution in [0.15, 0.2) is 11.6 Å². The first-order chi connectivity index (χ1) is 16.1. The Balaban J connectivity index is 1.37. The second-order valence-electron chi connectivity index (χ2n) is 15.5. The zero-order valence-electron chi connectivity index (χ0n) is 22.7. The van der Waals surface area contributed by atoms with Gasteiger partial charge in [-0.05, 0) is 92.3 Å². The summed E-state index contributed by atoms with van der Waals surface area (Å²) in [5.74, 6) is -0.111. The third-order valence-electron chi connectivity index (χ3n) is 13.5. The summed E-state index contributed by atoms with van der Waals surface area (Å²) in [7, 11) is 0. The summed E-state index contributed by atoms with van der Waals surface area (Å²) in [6, 6.07) is 0. The number of fused-ring (bicyclic) bond motifs is 4. The third-order valence-corrected chi connectivity index (χ3v) is 13.5. The van der Waals surface area contributed by atoms with Gasteiger partial charge in [0.25, 0.3) is 0 Å². The topological polar surface area (TPSA) is 79.2 Å². The van der Waals surface area contributed by atoms with Crippen molar-refractivity contribution < 1.29 is 24.8 Å². The molecule has 0 amide bonds. The first kappa shape index (κ1) is 23.6. The van der Waals surface area contributed by atoms with Crippen molar-refractivity contribution in [3.63, 3.8) is 0 Å². The number of rotatable bonds is 1. The monoisotopic (exact) mass is 486 g/mol. The van der Waals surface area contributed by atoms with Gasteiger partial charge in [-0.2, -0.15) is 0 Å². The molecule has 4 saturated carbocycles. The van der Waals surface area contributed by atoms with Crippen molar-refractivity contribution >= 4 is 0 Å². The summed E-state index contributed by atoms with van der Waals surface area (Å²) in [5.41, 5.74) is 0.212. The van der Waals surface area contributed by atoms with Crippen LogP contribution in [0.1, 0.15) is 93.4 Å². The molecule has 0 radical (unpaired) electrons. The van der Waals surface area contributed by atoms with Crippen LogP contribution in [0, 0.1) is 44.8 Å². The molecule has 3 spiro atoms. The van der Waals surface area contributed by atoms with E-state index in [-0.39, 0.29) is 39.8 Å². The lowest BCUT2D eigenvalue weighted by atomic mass is 9.44.